The van der Waals surface area contributed by atoms with Crippen LogP contribution in [0, 0.1) is 12.7 Å². The maximum Gasteiger partial charge on any atom is 0.251 e. The second-order valence-electron chi connectivity index (χ2n) is 4.24. The van der Waals surface area contributed by atoms with Gasteiger partial charge < -0.3 is 11.1 Å². The third kappa shape index (κ3) is 3.28. The maximum absolute atomic E-state index is 13.3. The number of anilines is 1. The van der Waals surface area contributed by atoms with Crippen molar-refractivity contribution >= 4 is 11.6 Å². The van der Waals surface area contributed by atoms with Crippen LogP contribution in [0.5, 0.6) is 0 Å². The lowest BCUT2D eigenvalue weighted by molar-refractivity contribution is 0.0996. The van der Waals surface area contributed by atoms with Gasteiger partial charge in [0.2, 0.25) is 0 Å². The molecule has 0 unspecified atom stereocenters. The minimum Gasteiger partial charge on any atom is -0.379 e. The first-order valence-electron chi connectivity index (χ1n) is 5.81. The molecule has 0 saturated carbocycles. The molecule has 4 nitrogen and oxygen atoms in total. The Morgan fingerprint density at radius 2 is 2.16 bits per heavy atom. The summed E-state index contributed by atoms with van der Waals surface area (Å²) in [6, 6.07) is 8.02. The molecular weight excluding hydrogens is 245 g/mol. The minimum atomic E-state index is -0.783. The number of benzene rings is 1. The number of pyridine rings is 1. The van der Waals surface area contributed by atoms with Gasteiger partial charge >= 0.3 is 0 Å². The second-order valence-corrected chi connectivity index (χ2v) is 4.24. The average molecular weight is 259 g/mol. The largest absolute Gasteiger partial charge is 0.379 e. The number of carbonyl (C=O) groups is 1. The molecule has 1 aromatic carbocycles. The van der Waals surface area contributed by atoms with E-state index in [1.165, 1.54) is 12.1 Å². The van der Waals surface area contributed by atoms with E-state index in [0.29, 0.717) is 12.2 Å². The number of hydrogen-bond acceptors (Lipinski definition) is 3. The number of nitrogens with one attached hydrogen (secondary N) is 1. The molecule has 2 rings (SSSR count). The van der Waals surface area contributed by atoms with Crippen molar-refractivity contribution < 1.29 is 9.18 Å². The molecule has 0 bridgehead atoms. The highest BCUT2D eigenvalue weighted by molar-refractivity contribution is 5.94. The Bertz CT molecular complexity index is 596. The molecule has 2 aromatic rings. The van der Waals surface area contributed by atoms with Gasteiger partial charge in [0.05, 0.1) is 17.8 Å². The molecule has 0 aliphatic carbocycles. The van der Waals surface area contributed by atoms with Crippen molar-refractivity contribution in [3.8, 4) is 0 Å². The van der Waals surface area contributed by atoms with Crippen LogP contribution in [0.25, 0.3) is 0 Å². The molecule has 0 atom stereocenters. The molecule has 0 spiro atoms. The van der Waals surface area contributed by atoms with Gasteiger partial charge in [-0.15, -0.1) is 0 Å². The Labute approximate surface area is 110 Å². The van der Waals surface area contributed by atoms with E-state index in [0.717, 1.165) is 11.3 Å². The summed E-state index contributed by atoms with van der Waals surface area (Å²) < 4.78 is 13.3. The molecular formula is C14H14FN3O. The van der Waals surface area contributed by atoms with Gasteiger partial charge in [-0.1, -0.05) is 6.07 Å². The Morgan fingerprint density at radius 1 is 1.37 bits per heavy atom. The summed E-state index contributed by atoms with van der Waals surface area (Å²) >= 11 is 0. The Morgan fingerprint density at radius 3 is 2.79 bits per heavy atom. The number of primary amides is 1. The van der Waals surface area contributed by atoms with Gasteiger partial charge in [-0.3, -0.25) is 9.78 Å². The molecule has 19 heavy (non-hydrogen) atoms. The summed E-state index contributed by atoms with van der Waals surface area (Å²) in [6.45, 7) is 2.45. The van der Waals surface area contributed by atoms with Gasteiger partial charge in [-0.2, -0.15) is 0 Å². The zero-order chi connectivity index (χ0) is 13.8. The Hall–Kier alpha value is -2.43. The van der Waals surface area contributed by atoms with E-state index in [9.17, 15) is 9.18 Å². The third-order valence-electron chi connectivity index (χ3n) is 2.68. The van der Waals surface area contributed by atoms with Crippen molar-refractivity contribution in [3.05, 3.63) is 59.2 Å². The highest BCUT2D eigenvalue weighted by atomic mass is 19.1. The fourth-order valence-electron chi connectivity index (χ4n) is 1.62. The number of aryl methyl sites for hydroxylation is 1. The summed E-state index contributed by atoms with van der Waals surface area (Å²) in [4.78, 5) is 15.3. The molecule has 1 amide bonds. The maximum atomic E-state index is 13.3. The van der Waals surface area contributed by atoms with E-state index in [2.05, 4.69) is 10.3 Å². The number of amides is 1. The highest BCUT2D eigenvalue weighted by Gasteiger charge is 2.08. The lowest BCUT2D eigenvalue weighted by atomic mass is 10.1. The van der Waals surface area contributed by atoms with Crippen LogP contribution in [0.2, 0.25) is 0 Å². The van der Waals surface area contributed by atoms with Crippen LogP contribution in [0.15, 0.2) is 36.5 Å². The molecule has 0 saturated heterocycles. The summed E-state index contributed by atoms with van der Waals surface area (Å²) in [5.74, 6) is -1.40. The van der Waals surface area contributed by atoms with Gasteiger partial charge in [0, 0.05) is 11.9 Å². The second kappa shape index (κ2) is 5.48. The number of rotatable bonds is 4. The Kier molecular flexibility index (Phi) is 3.75. The van der Waals surface area contributed by atoms with E-state index >= 15 is 0 Å². The smallest absolute Gasteiger partial charge is 0.251 e. The topological polar surface area (TPSA) is 68.0 Å². The van der Waals surface area contributed by atoms with Crippen molar-refractivity contribution in [1.29, 1.82) is 0 Å². The van der Waals surface area contributed by atoms with Crippen LogP contribution in [-0.4, -0.2) is 10.9 Å². The van der Waals surface area contributed by atoms with Crippen molar-refractivity contribution in [2.24, 2.45) is 5.73 Å². The number of nitrogens with two attached hydrogens (primary N) is 1. The van der Waals surface area contributed by atoms with E-state index in [1.54, 1.807) is 12.3 Å². The van der Waals surface area contributed by atoms with Crippen molar-refractivity contribution in [2.45, 2.75) is 13.5 Å². The monoisotopic (exact) mass is 259 g/mol. The normalized spacial score (nSPS) is 10.2. The SMILES string of the molecule is Cc1ccc(CNc2ccc(F)c(C(N)=O)c2)nc1. The van der Waals surface area contributed by atoms with E-state index < -0.39 is 11.7 Å². The van der Waals surface area contributed by atoms with Crippen LogP contribution in [0.3, 0.4) is 0 Å². The number of aromatic nitrogens is 1. The van der Waals surface area contributed by atoms with E-state index in [-0.39, 0.29) is 5.56 Å². The quantitative estimate of drug-likeness (QED) is 0.884. The molecule has 3 N–H and O–H groups in total. The zero-order valence-electron chi connectivity index (χ0n) is 10.5. The van der Waals surface area contributed by atoms with Crippen LogP contribution in [0.4, 0.5) is 10.1 Å². The number of carbonyl (C=O) groups excluding carboxylic acids is 1. The standard InChI is InChI=1S/C14H14FN3O/c1-9-2-3-11(17-7-9)8-18-10-4-5-13(15)12(6-10)14(16)19/h2-7,18H,8H2,1H3,(H2,16,19). The number of nitrogens with zero attached hydrogens (tertiary/aromatic N) is 1. The minimum absolute atomic E-state index is 0.123. The van der Waals surface area contributed by atoms with Crippen LogP contribution < -0.4 is 11.1 Å². The van der Waals surface area contributed by atoms with Gasteiger partial charge in [0.25, 0.3) is 5.91 Å². The fourth-order valence-corrected chi connectivity index (χ4v) is 1.62. The van der Waals surface area contributed by atoms with Crippen molar-refractivity contribution in [3.63, 3.8) is 0 Å². The summed E-state index contributed by atoms with van der Waals surface area (Å²) in [5, 5.41) is 3.07. The van der Waals surface area contributed by atoms with Crippen LogP contribution in [-0.2, 0) is 6.54 Å². The van der Waals surface area contributed by atoms with Crippen molar-refractivity contribution in [1.82, 2.24) is 4.98 Å². The lowest BCUT2D eigenvalue weighted by Gasteiger charge is -2.08. The van der Waals surface area contributed by atoms with E-state index in [4.69, 9.17) is 5.73 Å². The molecule has 0 aliphatic rings. The molecule has 0 radical (unpaired) electrons. The first-order valence-corrected chi connectivity index (χ1v) is 5.81. The summed E-state index contributed by atoms with van der Waals surface area (Å²) in [5.41, 5.74) is 7.53. The Balaban J connectivity index is 2.09. The predicted octanol–water partition coefficient (Wildman–Crippen LogP) is 2.24. The summed E-state index contributed by atoms with van der Waals surface area (Å²) in [6.07, 6.45) is 1.77. The number of halogens is 1. The molecule has 98 valence electrons. The van der Waals surface area contributed by atoms with Gasteiger partial charge in [-0.05, 0) is 36.8 Å². The van der Waals surface area contributed by atoms with Crippen LogP contribution in [0.1, 0.15) is 21.6 Å². The molecule has 0 fully saturated rings. The fraction of sp³-hybridized carbons (Fsp3) is 0.143. The van der Waals surface area contributed by atoms with E-state index in [1.807, 2.05) is 19.1 Å². The van der Waals surface area contributed by atoms with Crippen LogP contribution >= 0.6 is 0 Å². The van der Waals surface area contributed by atoms with Crippen molar-refractivity contribution in [2.75, 3.05) is 5.32 Å². The van der Waals surface area contributed by atoms with Gasteiger partial charge in [0.15, 0.2) is 0 Å². The third-order valence-corrected chi connectivity index (χ3v) is 2.68. The average Bonchev–Trinajstić information content (AvgIpc) is 2.39. The highest BCUT2D eigenvalue weighted by Crippen LogP contribution is 2.15. The first kappa shape index (κ1) is 13.0. The zero-order valence-corrected chi connectivity index (χ0v) is 10.5. The predicted molar refractivity (Wildman–Crippen MR) is 71.2 cm³/mol. The molecule has 1 aromatic heterocycles. The van der Waals surface area contributed by atoms with Gasteiger partial charge in [0.1, 0.15) is 5.82 Å². The summed E-state index contributed by atoms with van der Waals surface area (Å²) in [7, 11) is 0. The molecule has 0 aliphatic heterocycles. The first-order chi connectivity index (χ1) is 9.06. The molecule has 1 heterocycles. The van der Waals surface area contributed by atoms with Gasteiger partial charge in [-0.25, -0.2) is 4.39 Å². The molecule has 5 heteroatoms. The number of hydrogen-bond donors (Lipinski definition) is 2. The lowest BCUT2D eigenvalue weighted by Crippen LogP contribution is -2.13.